The molecule has 0 saturated heterocycles. The molecule has 0 spiro atoms. The summed E-state index contributed by atoms with van der Waals surface area (Å²) < 4.78 is 24.9. The molecule has 0 bridgehead atoms. The topological polar surface area (TPSA) is 90.9 Å². The van der Waals surface area contributed by atoms with E-state index in [1.807, 2.05) is 32.0 Å². The summed E-state index contributed by atoms with van der Waals surface area (Å²) >= 11 is 0. The van der Waals surface area contributed by atoms with Gasteiger partial charge in [-0.2, -0.15) is 0 Å². The third-order valence-corrected chi connectivity index (χ3v) is 4.46. The first-order chi connectivity index (χ1) is 9.39. The van der Waals surface area contributed by atoms with Gasteiger partial charge in [-0.1, -0.05) is 18.2 Å². The molecule has 1 aromatic heterocycles. The van der Waals surface area contributed by atoms with Gasteiger partial charge in [-0.3, -0.25) is 4.57 Å². The molecule has 1 saturated carbocycles. The molecule has 2 aromatic rings. The van der Waals surface area contributed by atoms with Gasteiger partial charge in [-0.25, -0.2) is 13.6 Å². The van der Waals surface area contributed by atoms with Crippen molar-refractivity contribution in [3.63, 3.8) is 0 Å². The van der Waals surface area contributed by atoms with Crippen molar-refractivity contribution in [2.75, 3.05) is 0 Å². The monoisotopic (exact) mass is 292 g/mol. The second-order valence-electron chi connectivity index (χ2n) is 5.20. The van der Waals surface area contributed by atoms with Gasteiger partial charge in [0.15, 0.2) is 5.82 Å². The van der Waals surface area contributed by atoms with Crippen molar-refractivity contribution in [1.82, 2.24) is 14.8 Å². The van der Waals surface area contributed by atoms with Crippen LogP contribution in [0, 0.1) is 13.8 Å². The summed E-state index contributed by atoms with van der Waals surface area (Å²) in [7, 11) is -3.86. The average Bonchev–Trinajstić information content (AvgIpc) is 3.10. The maximum absolute atomic E-state index is 11.6. The highest BCUT2D eigenvalue weighted by Crippen LogP contribution is 2.40. The summed E-state index contributed by atoms with van der Waals surface area (Å²) in [5.41, 5.74) is 3.10. The van der Waals surface area contributed by atoms with E-state index in [2.05, 4.69) is 10.2 Å². The van der Waals surface area contributed by atoms with E-state index in [1.54, 1.807) is 4.57 Å². The largest absolute Gasteiger partial charge is 0.294 e. The van der Waals surface area contributed by atoms with Crippen LogP contribution in [0.3, 0.4) is 0 Å². The quantitative estimate of drug-likeness (QED) is 0.929. The summed E-state index contributed by atoms with van der Waals surface area (Å²) in [6.45, 7) is 4.00. The van der Waals surface area contributed by atoms with E-state index in [0.717, 1.165) is 29.5 Å². The molecule has 0 radical (unpaired) electrons. The molecule has 20 heavy (non-hydrogen) atoms. The van der Waals surface area contributed by atoms with Crippen LogP contribution in [0.4, 0.5) is 0 Å². The number of sulfonamides is 1. The average molecular weight is 292 g/mol. The van der Waals surface area contributed by atoms with Crippen molar-refractivity contribution in [3.8, 4) is 11.4 Å². The van der Waals surface area contributed by atoms with Crippen molar-refractivity contribution in [3.05, 3.63) is 29.3 Å². The summed E-state index contributed by atoms with van der Waals surface area (Å²) in [4.78, 5) is 0. The summed E-state index contributed by atoms with van der Waals surface area (Å²) in [5.74, 6) is 0.581. The second kappa shape index (κ2) is 4.39. The second-order valence-corrected chi connectivity index (χ2v) is 6.66. The van der Waals surface area contributed by atoms with Crippen LogP contribution in [0.5, 0.6) is 0 Å². The van der Waals surface area contributed by atoms with Gasteiger partial charge in [-0.05, 0) is 37.8 Å². The smallest absolute Gasteiger partial charge is 0.273 e. The van der Waals surface area contributed by atoms with Crippen LogP contribution in [-0.2, 0) is 10.0 Å². The van der Waals surface area contributed by atoms with E-state index in [1.165, 1.54) is 0 Å². The van der Waals surface area contributed by atoms with E-state index in [4.69, 9.17) is 5.14 Å². The minimum Gasteiger partial charge on any atom is -0.294 e. The van der Waals surface area contributed by atoms with Gasteiger partial charge in [0, 0.05) is 11.6 Å². The van der Waals surface area contributed by atoms with Gasteiger partial charge >= 0.3 is 0 Å². The predicted molar refractivity (Wildman–Crippen MR) is 74.6 cm³/mol. The van der Waals surface area contributed by atoms with Crippen molar-refractivity contribution >= 4 is 10.0 Å². The number of benzene rings is 1. The van der Waals surface area contributed by atoms with Gasteiger partial charge < -0.3 is 0 Å². The molecule has 0 atom stereocenters. The minimum absolute atomic E-state index is 0.133. The van der Waals surface area contributed by atoms with Gasteiger partial charge in [0.05, 0.1) is 0 Å². The molecule has 0 aliphatic heterocycles. The molecule has 1 aliphatic rings. The maximum Gasteiger partial charge on any atom is 0.273 e. The molecule has 0 unspecified atom stereocenters. The number of nitrogens with two attached hydrogens (primary N) is 1. The normalized spacial score (nSPS) is 15.6. The lowest BCUT2D eigenvalue weighted by atomic mass is 10.0. The molecular formula is C13H16N4O2S. The molecular weight excluding hydrogens is 276 g/mol. The first-order valence-corrected chi connectivity index (χ1v) is 7.98. The zero-order valence-electron chi connectivity index (χ0n) is 11.4. The first-order valence-electron chi connectivity index (χ1n) is 6.44. The van der Waals surface area contributed by atoms with Crippen molar-refractivity contribution in [2.24, 2.45) is 5.14 Å². The zero-order chi connectivity index (χ0) is 14.5. The number of primary sulfonamides is 1. The SMILES string of the molecule is Cc1cccc(-c2nnc(S(N)(=O)=O)n2C2CC2)c1C. The highest BCUT2D eigenvalue weighted by molar-refractivity contribution is 7.89. The fraction of sp³-hybridized carbons (Fsp3) is 0.385. The Kier molecular flexibility index (Phi) is 2.91. The Balaban J connectivity index is 2.25. The maximum atomic E-state index is 11.6. The standard InChI is InChI=1S/C13H16N4O2S/c1-8-4-3-5-11(9(8)2)12-15-16-13(20(14,18)19)17(12)10-6-7-10/h3-5,10H,6-7H2,1-2H3,(H2,14,18,19). The zero-order valence-corrected chi connectivity index (χ0v) is 12.2. The first kappa shape index (κ1) is 13.3. The van der Waals surface area contributed by atoms with Crippen LogP contribution in [0.25, 0.3) is 11.4 Å². The molecule has 106 valence electrons. The molecule has 2 N–H and O–H groups in total. The van der Waals surface area contributed by atoms with Crippen LogP contribution >= 0.6 is 0 Å². The fourth-order valence-corrected chi connectivity index (χ4v) is 2.97. The molecule has 1 aromatic carbocycles. The number of hydrogen-bond acceptors (Lipinski definition) is 4. The number of rotatable bonds is 3. The molecule has 7 heteroatoms. The molecule has 1 heterocycles. The van der Waals surface area contributed by atoms with Crippen LogP contribution in [0.2, 0.25) is 0 Å². The van der Waals surface area contributed by atoms with Gasteiger partial charge in [-0.15, -0.1) is 10.2 Å². The Hall–Kier alpha value is -1.73. The molecule has 3 rings (SSSR count). The van der Waals surface area contributed by atoms with Crippen LogP contribution < -0.4 is 5.14 Å². The van der Waals surface area contributed by atoms with Crippen molar-refractivity contribution < 1.29 is 8.42 Å². The van der Waals surface area contributed by atoms with E-state index in [0.29, 0.717) is 5.82 Å². The summed E-state index contributed by atoms with van der Waals surface area (Å²) in [5, 5.41) is 13.0. The molecule has 6 nitrogen and oxygen atoms in total. The third kappa shape index (κ3) is 2.12. The van der Waals surface area contributed by atoms with E-state index in [-0.39, 0.29) is 11.2 Å². The number of aromatic nitrogens is 3. The Bertz CT molecular complexity index is 776. The van der Waals surface area contributed by atoms with E-state index < -0.39 is 10.0 Å². The number of hydrogen-bond donors (Lipinski definition) is 1. The highest BCUT2D eigenvalue weighted by Gasteiger charge is 2.33. The number of nitrogens with zero attached hydrogens (tertiary/aromatic N) is 3. The number of aryl methyl sites for hydroxylation is 1. The van der Waals surface area contributed by atoms with Crippen molar-refractivity contribution in [1.29, 1.82) is 0 Å². The molecule has 1 aliphatic carbocycles. The Labute approximate surface area is 117 Å². The summed E-state index contributed by atoms with van der Waals surface area (Å²) in [6, 6.07) is 6.00. The van der Waals surface area contributed by atoms with E-state index in [9.17, 15) is 8.42 Å². The Morgan fingerprint density at radius 3 is 2.55 bits per heavy atom. The van der Waals surface area contributed by atoms with Crippen LogP contribution in [-0.4, -0.2) is 23.2 Å². The molecule has 0 amide bonds. The third-order valence-electron chi connectivity index (χ3n) is 3.68. The van der Waals surface area contributed by atoms with Crippen LogP contribution in [0.15, 0.2) is 23.4 Å². The lowest BCUT2D eigenvalue weighted by Crippen LogP contribution is -2.18. The summed E-state index contributed by atoms with van der Waals surface area (Å²) in [6.07, 6.45) is 1.86. The Morgan fingerprint density at radius 2 is 1.95 bits per heavy atom. The van der Waals surface area contributed by atoms with Gasteiger partial charge in [0.25, 0.3) is 15.2 Å². The van der Waals surface area contributed by atoms with Gasteiger partial charge in [0.2, 0.25) is 0 Å². The minimum atomic E-state index is -3.86. The fourth-order valence-electron chi connectivity index (χ4n) is 2.31. The lowest BCUT2D eigenvalue weighted by molar-refractivity contribution is 0.567. The highest BCUT2D eigenvalue weighted by atomic mass is 32.2. The van der Waals surface area contributed by atoms with Crippen LogP contribution in [0.1, 0.15) is 30.0 Å². The lowest BCUT2D eigenvalue weighted by Gasteiger charge is -2.11. The molecule has 1 fully saturated rings. The van der Waals surface area contributed by atoms with E-state index >= 15 is 0 Å². The van der Waals surface area contributed by atoms with Crippen molar-refractivity contribution in [2.45, 2.75) is 37.9 Å². The van der Waals surface area contributed by atoms with Gasteiger partial charge in [0.1, 0.15) is 0 Å². The Morgan fingerprint density at radius 1 is 1.25 bits per heavy atom. The predicted octanol–water partition coefficient (Wildman–Crippen LogP) is 1.54.